The fourth-order valence-corrected chi connectivity index (χ4v) is 4.11. The lowest BCUT2D eigenvalue weighted by atomic mass is 10.0. The number of rotatable bonds is 5. The first-order valence-corrected chi connectivity index (χ1v) is 10.8. The number of aryl methyl sites for hydroxylation is 2. The molecule has 0 bridgehead atoms. The van der Waals surface area contributed by atoms with E-state index in [2.05, 4.69) is 10.2 Å². The number of hydrogen-bond acceptors (Lipinski definition) is 4. The van der Waals surface area contributed by atoms with Gasteiger partial charge in [-0.25, -0.2) is 9.69 Å². The molecule has 0 aromatic heterocycles. The first kappa shape index (κ1) is 21.1. The standard InChI is InChI=1S/C24H24ClN3O3/c1-15-4-6-19(12-16(15)2)28-23(30)20(22(29)26-24(28)31)14-17-5-7-21-18(13-17)8-11-27(21)10-3-9-25/h4-7,12-14H,3,8-11H2,1-2H3,(H,26,29,31)/b20-14+. The normalized spacial score (nSPS) is 17.4. The Balaban J connectivity index is 1.64. The predicted octanol–water partition coefficient (Wildman–Crippen LogP) is 3.96. The lowest BCUT2D eigenvalue weighted by molar-refractivity contribution is -0.122. The van der Waals surface area contributed by atoms with Gasteiger partial charge in [0.25, 0.3) is 11.8 Å². The molecule has 31 heavy (non-hydrogen) atoms. The first-order valence-electron chi connectivity index (χ1n) is 10.3. The molecule has 2 aliphatic rings. The summed E-state index contributed by atoms with van der Waals surface area (Å²) in [7, 11) is 0. The number of fused-ring (bicyclic) bond motifs is 1. The van der Waals surface area contributed by atoms with Gasteiger partial charge in [0, 0.05) is 24.7 Å². The number of nitrogens with one attached hydrogen (secondary N) is 1. The SMILES string of the molecule is Cc1ccc(N2C(=O)NC(=O)/C(=C\c3ccc4c(c3)CCN4CCCCl)C2=O)cc1C. The van der Waals surface area contributed by atoms with Crippen molar-refractivity contribution in [2.24, 2.45) is 0 Å². The summed E-state index contributed by atoms with van der Waals surface area (Å²) in [5, 5.41) is 2.28. The van der Waals surface area contributed by atoms with Crippen LogP contribution in [0.4, 0.5) is 16.2 Å². The molecule has 4 rings (SSSR count). The molecule has 0 radical (unpaired) electrons. The molecular formula is C24H24ClN3O3. The third-order valence-electron chi connectivity index (χ3n) is 5.82. The molecule has 0 aliphatic carbocycles. The lowest BCUT2D eigenvalue weighted by Crippen LogP contribution is -2.54. The molecule has 160 valence electrons. The summed E-state index contributed by atoms with van der Waals surface area (Å²) in [4.78, 5) is 41.3. The molecule has 2 aromatic rings. The zero-order valence-electron chi connectivity index (χ0n) is 17.6. The maximum absolute atomic E-state index is 13.1. The number of alkyl halides is 1. The van der Waals surface area contributed by atoms with E-state index in [1.165, 1.54) is 11.3 Å². The molecule has 6 nitrogen and oxygen atoms in total. The van der Waals surface area contributed by atoms with Gasteiger partial charge in [-0.3, -0.25) is 14.9 Å². The van der Waals surface area contributed by atoms with Gasteiger partial charge in [-0.1, -0.05) is 12.1 Å². The molecule has 1 fully saturated rings. The largest absolute Gasteiger partial charge is 0.371 e. The Morgan fingerprint density at radius 1 is 1.06 bits per heavy atom. The lowest BCUT2D eigenvalue weighted by Gasteiger charge is -2.27. The Morgan fingerprint density at radius 3 is 2.61 bits per heavy atom. The number of carbonyl (C=O) groups excluding carboxylic acids is 3. The summed E-state index contributed by atoms with van der Waals surface area (Å²) < 4.78 is 0. The van der Waals surface area contributed by atoms with E-state index in [0.29, 0.717) is 11.6 Å². The van der Waals surface area contributed by atoms with E-state index in [1.807, 2.05) is 38.1 Å². The van der Waals surface area contributed by atoms with Crippen molar-refractivity contribution in [3.63, 3.8) is 0 Å². The van der Waals surface area contributed by atoms with E-state index in [-0.39, 0.29) is 5.57 Å². The molecule has 0 saturated carbocycles. The number of benzene rings is 2. The Hall–Kier alpha value is -3.12. The number of barbiturate groups is 1. The Bertz CT molecular complexity index is 1110. The number of imide groups is 2. The van der Waals surface area contributed by atoms with Crippen LogP contribution < -0.4 is 15.1 Å². The molecule has 4 amide bonds. The van der Waals surface area contributed by atoms with Crippen LogP contribution in [-0.4, -0.2) is 36.8 Å². The summed E-state index contributed by atoms with van der Waals surface area (Å²) in [6, 6.07) is 10.5. The van der Waals surface area contributed by atoms with Gasteiger partial charge in [0.05, 0.1) is 5.69 Å². The van der Waals surface area contributed by atoms with Gasteiger partial charge in [-0.05, 0) is 79.3 Å². The van der Waals surface area contributed by atoms with E-state index in [4.69, 9.17) is 11.6 Å². The third kappa shape index (κ3) is 4.08. The van der Waals surface area contributed by atoms with Gasteiger partial charge in [0.1, 0.15) is 5.57 Å². The zero-order valence-corrected chi connectivity index (χ0v) is 18.3. The summed E-state index contributed by atoms with van der Waals surface area (Å²) in [5.74, 6) is -0.677. The van der Waals surface area contributed by atoms with Crippen LogP contribution in [0.3, 0.4) is 0 Å². The summed E-state index contributed by atoms with van der Waals surface area (Å²) >= 11 is 5.82. The van der Waals surface area contributed by atoms with Crippen LogP contribution in [0.15, 0.2) is 42.0 Å². The van der Waals surface area contributed by atoms with E-state index in [9.17, 15) is 14.4 Å². The van der Waals surface area contributed by atoms with Crippen LogP contribution in [0, 0.1) is 13.8 Å². The molecule has 0 spiro atoms. The molecule has 1 saturated heterocycles. The summed E-state index contributed by atoms with van der Waals surface area (Å²) in [6.45, 7) is 5.70. The zero-order chi connectivity index (χ0) is 22.1. The van der Waals surface area contributed by atoms with Crippen molar-refractivity contribution in [2.75, 3.05) is 28.8 Å². The van der Waals surface area contributed by atoms with Crippen molar-refractivity contribution < 1.29 is 14.4 Å². The van der Waals surface area contributed by atoms with E-state index in [0.717, 1.165) is 47.5 Å². The van der Waals surface area contributed by atoms with Crippen LogP contribution >= 0.6 is 11.6 Å². The van der Waals surface area contributed by atoms with Crippen LogP contribution in [0.1, 0.15) is 28.7 Å². The third-order valence-corrected chi connectivity index (χ3v) is 6.09. The second kappa shape index (κ2) is 8.55. The van der Waals surface area contributed by atoms with Gasteiger partial charge in [0.2, 0.25) is 0 Å². The minimum atomic E-state index is -0.737. The average molecular weight is 438 g/mol. The molecular weight excluding hydrogens is 414 g/mol. The van der Waals surface area contributed by atoms with E-state index in [1.54, 1.807) is 18.2 Å². The fourth-order valence-electron chi connectivity index (χ4n) is 3.99. The number of amides is 4. The molecule has 2 heterocycles. The predicted molar refractivity (Wildman–Crippen MR) is 123 cm³/mol. The second-order valence-electron chi connectivity index (χ2n) is 7.89. The quantitative estimate of drug-likeness (QED) is 0.436. The summed E-state index contributed by atoms with van der Waals surface area (Å²) in [6.07, 6.45) is 3.38. The van der Waals surface area contributed by atoms with Crippen LogP contribution in [0.2, 0.25) is 0 Å². The van der Waals surface area contributed by atoms with Crippen LogP contribution in [0.5, 0.6) is 0 Å². The summed E-state index contributed by atoms with van der Waals surface area (Å²) in [5.41, 5.74) is 5.48. The van der Waals surface area contributed by atoms with Crippen molar-refractivity contribution >= 4 is 46.9 Å². The van der Waals surface area contributed by atoms with Gasteiger partial charge in [-0.2, -0.15) is 0 Å². The second-order valence-corrected chi connectivity index (χ2v) is 8.27. The number of anilines is 2. The highest BCUT2D eigenvalue weighted by molar-refractivity contribution is 6.39. The monoisotopic (exact) mass is 437 g/mol. The van der Waals surface area contributed by atoms with Crippen molar-refractivity contribution in [3.8, 4) is 0 Å². The van der Waals surface area contributed by atoms with Crippen molar-refractivity contribution in [3.05, 3.63) is 64.2 Å². The Labute approximate surface area is 186 Å². The number of hydrogen-bond donors (Lipinski definition) is 1. The number of urea groups is 1. The number of halogens is 1. The van der Waals surface area contributed by atoms with Crippen molar-refractivity contribution in [2.45, 2.75) is 26.7 Å². The molecule has 1 N–H and O–H groups in total. The average Bonchev–Trinajstić information content (AvgIpc) is 3.14. The van der Waals surface area contributed by atoms with Crippen LogP contribution in [0.25, 0.3) is 6.08 Å². The number of carbonyl (C=O) groups is 3. The molecule has 7 heteroatoms. The highest BCUT2D eigenvalue weighted by Gasteiger charge is 2.37. The molecule has 0 unspecified atom stereocenters. The maximum atomic E-state index is 13.1. The molecule has 2 aliphatic heterocycles. The van der Waals surface area contributed by atoms with E-state index >= 15 is 0 Å². The topological polar surface area (TPSA) is 69.7 Å². The van der Waals surface area contributed by atoms with E-state index < -0.39 is 17.8 Å². The van der Waals surface area contributed by atoms with Gasteiger partial charge < -0.3 is 4.90 Å². The highest BCUT2D eigenvalue weighted by atomic mass is 35.5. The highest BCUT2D eigenvalue weighted by Crippen LogP contribution is 2.30. The van der Waals surface area contributed by atoms with Gasteiger partial charge in [-0.15, -0.1) is 11.6 Å². The number of nitrogens with zero attached hydrogens (tertiary/aromatic N) is 2. The van der Waals surface area contributed by atoms with Gasteiger partial charge in [0.15, 0.2) is 0 Å². The minimum absolute atomic E-state index is 0.0604. The van der Waals surface area contributed by atoms with Crippen molar-refractivity contribution in [1.29, 1.82) is 0 Å². The fraction of sp³-hybridized carbons (Fsp3) is 0.292. The Kier molecular flexibility index (Phi) is 5.83. The maximum Gasteiger partial charge on any atom is 0.335 e. The first-order chi connectivity index (χ1) is 14.9. The van der Waals surface area contributed by atoms with Crippen molar-refractivity contribution in [1.82, 2.24) is 5.32 Å². The Morgan fingerprint density at radius 2 is 1.87 bits per heavy atom. The van der Waals surface area contributed by atoms with Crippen LogP contribution in [-0.2, 0) is 16.0 Å². The minimum Gasteiger partial charge on any atom is -0.371 e. The smallest absolute Gasteiger partial charge is 0.335 e. The van der Waals surface area contributed by atoms with Gasteiger partial charge >= 0.3 is 6.03 Å². The molecule has 0 atom stereocenters. The molecule has 2 aromatic carbocycles.